The third-order valence-corrected chi connectivity index (χ3v) is 3.42. The number of nitrogens with zero attached hydrogens (tertiary/aromatic N) is 1. The highest BCUT2D eigenvalue weighted by Gasteiger charge is 2.10. The summed E-state index contributed by atoms with van der Waals surface area (Å²) in [4.78, 5) is 13.8. The predicted octanol–water partition coefficient (Wildman–Crippen LogP) is 2.22. The van der Waals surface area contributed by atoms with Crippen LogP contribution in [0.25, 0.3) is 0 Å². The van der Waals surface area contributed by atoms with E-state index >= 15 is 0 Å². The van der Waals surface area contributed by atoms with Gasteiger partial charge in [0.05, 0.1) is 6.54 Å². The molecule has 104 valence electrons. The van der Waals surface area contributed by atoms with Gasteiger partial charge in [0.15, 0.2) is 0 Å². The summed E-state index contributed by atoms with van der Waals surface area (Å²) in [5, 5.41) is 5.90. The smallest absolute Gasteiger partial charge is 0.239 e. The molecule has 1 aliphatic rings. The number of nitrogens with one attached hydrogen (secondary N) is 2. The van der Waals surface area contributed by atoms with Crippen molar-refractivity contribution in [2.24, 2.45) is 0 Å². The molecule has 1 aromatic carbocycles. The molecule has 1 saturated heterocycles. The molecule has 0 radical (unpaired) electrons. The zero-order chi connectivity index (χ0) is 13.5. The van der Waals surface area contributed by atoms with E-state index in [1.807, 2.05) is 19.1 Å². The lowest BCUT2D eigenvalue weighted by atomic mass is 10.1. The van der Waals surface area contributed by atoms with E-state index < -0.39 is 0 Å². The van der Waals surface area contributed by atoms with Crippen molar-refractivity contribution < 1.29 is 4.79 Å². The Morgan fingerprint density at radius 2 is 1.84 bits per heavy atom. The predicted molar refractivity (Wildman–Crippen MR) is 79.7 cm³/mol. The third kappa shape index (κ3) is 4.16. The zero-order valence-electron chi connectivity index (χ0n) is 11.6. The molecule has 1 aliphatic heterocycles. The fraction of sp³-hybridized carbons (Fsp3) is 0.533. The number of piperidine rings is 1. The standard InChI is InChI=1S/C15H23N3O/c1-2-16-15(19)12-17-13-6-8-14(9-7-13)18-10-4-3-5-11-18/h6-9,17H,2-5,10-12H2,1H3,(H,16,19). The van der Waals surface area contributed by atoms with Crippen molar-refractivity contribution in [1.29, 1.82) is 0 Å². The molecular formula is C15H23N3O. The number of rotatable bonds is 5. The maximum absolute atomic E-state index is 11.3. The average Bonchev–Trinajstić information content (AvgIpc) is 2.47. The molecule has 4 nitrogen and oxygen atoms in total. The summed E-state index contributed by atoms with van der Waals surface area (Å²) in [6.45, 7) is 5.24. The van der Waals surface area contributed by atoms with Crippen molar-refractivity contribution in [3.63, 3.8) is 0 Å². The minimum Gasteiger partial charge on any atom is -0.376 e. The first-order chi connectivity index (χ1) is 9.29. The minimum atomic E-state index is 0.0302. The van der Waals surface area contributed by atoms with Crippen LogP contribution in [0.5, 0.6) is 0 Å². The van der Waals surface area contributed by atoms with E-state index in [0.717, 1.165) is 18.8 Å². The largest absolute Gasteiger partial charge is 0.376 e. The molecule has 0 unspecified atom stereocenters. The molecule has 2 N–H and O–H groups in total. The molecule has 1 heterocycles. The molecule has 0 aromatic heterocycles. The number of hydrogen-bond donors (Lipinski definition) is 2. The van der Waals surface area contributed by atoms with Crippen molar-refractivity contribution in [2.75, 3.05) is 36.4 Å². The number of likely N-dealkylation sites (N-methyl/N-ethyl adjacent to an activating group) is 1. The number of carbonyl (C=O) groups excluding carboxylic acids is 1. The van der Waals surface area contributed by atoms with E-state index in [1.165, 1.54) is 24.9 Å². The van der Waals surface area contributed by atoms with Crippen LogP contribution in [0.1, 0.15) is 26.2 Å². The topological polar surface area (TPSA) is 44.4 Å². The van der Waals surface area contributed by atoms with E-state index in [4.69, 9.17) is 0 Å². The lowest BCUT2D eigenvalue weighted by Crippen LogP contribution is -2.30. The Kier molecular flexibility index (Phi) is 5.07. The molecule has 19 heavy (non-hydrogen) atoms. The Labute approximate surface area is 115 Å². The van der Waals surface area contributed by atoms with Crippen molar-refractivity contribution in [2.45, 2.75) is 26.2 Å². The van der Waals surface area contributed by atoms with Crippen molar-refractivity contribution in [3.05, 3.63) is 24.3 Å². The second-order valence-electron chi connectivity index (χ2n) is 4.90. The van der Waals surface area contributed by atoms with E-state index in [-0.39, 0.29) is 5.91 Å². The molecule has 2 rings (SSSR count). The number of hydrogen-bond acceptors (Lipinski definition) is 3. The second-order valence-corrected chi connectivity index (χ2v) is 4.90. The zero-order valence-corrected chi connectivity index (χ0v) is 11.6. The van der Waals surface area contributed by atoms with Gasteiger partial charge in [-0.15, -0.1) is 0 Å². The van der Waals surface area contributed by atoms with Gasteiger partial charge in [0.2, 0.25) is 5.91 Å². The molecule has 1 amide bonds. The Morgan fingerprint density at radius 1 is 1.16 bits per heavy atom. The molecule has 0 saturated carbocycles. The fourth-order valence-electron chi connectivity index (χ4n) is 2.38. The second kappa shape index (κ2) is 7.02. The monoisotopic (exact) mass is 261 g/mol. The van der Waals surface area contributed by atoms with Crippen LogP contribution >= 0.6 is 0 Å². The van der Waals surface area contributed by atoms with Crippen molar-refractivity contribution in [3.8, 4) is 0 Å². The quantitative estimate of drug-likeness (QED) is 0.854. The number of anilines is 2. The first-order valence-electron chi connectivity index (χ1n) is 7.15. The van der Waals surface area contributed by atoms with Gasteiger partial charge in [0, 0.05) is 31.0 Å². The minimum absolute atomic E-state index is 0.0302. The summed E-state index contributed by atoms with van der Waals surface area (Å²) < 4.78 is 0. The molecule has 0 atom stereocenters. The van der Waals surface area contributed by atoms with Crippen LogP contribution in [0.4, 0.5) is 11.4 Å². The first kappa shape index (κ1) is 13.7. The van der Waals surface area contributed by atoms with Crippen LogP contribution < -0.4 is 15.5 Å². The van der Waals surface area contributed by atoms with E-state index in [1.54, 1.807) is 0 Å². The van der Waals surface area contributed by atoms with Crippen LogP contribution in [0.3, 0.4) is 0 Å². The molecular weight excluding hydrogens is 238 g/mol. The molecule has 0 bridgehead atoms. The summed E-state index contributed by atoms with van der Waals surface area (Å²) in [5.74, 6) is 0.0302. The third-order valence-electron chi connectivity index (χ3n) is 3.42. The van der Waals surface area contributed by atoms with Gasteiger partial charge < -0.3 is 15.5 Å². The Morgan fingerprint density at radius 3 is 2.47 bits per heavy atom. The maximum atomic E-state index is 11.3. The average molecular weight is 261 g/mol. The maximum Gasteiger partial charge on any atom is 0.239 e. The summed E-state index contributed by atoms with van der Waals surface area (Å²) in [6.07, 6.45) is 3.93. The lowest BCUT2D eigenvalue weighted by Gasteiger charge is -2.28. The lowest BCUT2D eigenvalue weighted by molar-refractivity contribution is -0.119. The van der Waals surface area contributed by atoms with Gasteiger partial charge in [0.1, 0.15) is 0 Å². The van der Waals surface area contributed by atoms with Gasteiger partial charge in [-0.1, -0.05) is 0 Å². The molecule has 4 heteroatoms. The molecule has 1 fully saturated rings. The van der Waals surface area contributed by atoms with E-state index in [2.05, 4.69) is 27.7 Å². The molecule has 0 aliphatic carbocycles. The SMILES string of the molecule is CCNC(=O)CNc1ccc(N2CCCCC2)cc1. The Bertz CT molecular complexity index is 396. The van der Waals surface area contributed by atoms with Crippen LogP contribution in [0.15, 0.2) is 24.3 Å². The number of carbonyl (C=O) groups is 1. The van der Waals surface area contributed by atoms with Gasteiger partial charge >= 0.3 is 0 Å². The van der Waals surface area contributed by atoms with Crippen LogP contribution in [-0.4, -0.2) is 32.1 Å². The van der Waals surface area contributed by atoms with Crippen molar-refractivity contribution in [1.82, 2.24) is 5.32 Å². The van der Waals surface area contributed by atoms with Gasteiger partial charge in [-0.2, -0.15) is 0 Å². The summed E-state index contributed by atoms with van der Waals surface area (Å²) in [7, 11) is 0. The van der Waals surface area contributed by atoms with Gasteiger partial charge in [-0.25, -0.2) is 0 Å². The Balaban J connectivity index is 1.85. The highest BCUT2D eigenvalue weighted by Crippen LogP contribution is 2.21. The van der Waals surface area contributed by atoms with Gasteiger partial charge in [0.25, 0.3) is 0 Å². The van der Waals surface area contributed by atoms with Gasteiger partial charge in [-0.3, -0.25) is 4.79 Å². The highest BCUT2D eigenvalue weighted by molar-refractivity contribution is 5.80. The number of amides is 1. The first-order valence-corrected chi connectivity index (χ1v) is 7.15. The van der Waals surface area contributed by atoms with Crippen LogP contribution in [0.2, 0.25) is 0 Å². The molecule has 0 spiro atoms. The summed E-state index contributed by atoms with van der Waals surface area (Å²) >= 11 is 0. The van der Waals surface area contributed by atoms with E-state index in [0.29, 0.717) is 13.1 Å². The normalized spacial score (nSPS) is 15.1. The highest BCUT2D eigenvalue weighted by atomic mass is 16.1. The summed E-state index contributed by atoms with van der Waals surface area (Å²) in [5.41, 5.74) is 2.27. The summed E-state index contributed by atoms with van der Waals surface area (Å²) in [6, 6.07) is 8.35. The van der Waals surface area contributed by atoms with Crippen LogP contribution in [0, 0.1) is 0 Å². The molecule has 1 aromatic rings. The Hall–Kier alpha value is -1.71. The number of benzene rings is 1. The fourth-order valence-corrected chi connectivity index (χ4v) is 2.38. The van der Waals surface area contributed by atoms with Gasteiger partial charge in [-0.05, 0) is 50.5 Å². The van der Waals surface area contributed by atoms with Crippen LogP contribution in [-0.2, 0) is 4.79 Å². The van der Waals surface area contributed by atoms with E-state index in [9.17, 15) is 4.79 Å². The van der Waals surface area contributed by atoms with Crippen molar-refractivity contribution >= 4 is 17.3 Å².